The Morgan fingerprint density at radius 3 is 2.82 bits per heavy atom. The Balaban J connectivity index is 1.30. The van der Waals surface area contributed by atoms with Crippen molar-refractivity contribution in [2.24, 2.45) is 11.7 Å². The fourth-order valence-electron chi connectivity index (χ4n) is 4.34. The van der Waals surface area contributed by atoms with E-state index in [1.165, 1.54) is 0 Å². The SMILES string of the molecule is N#CC1CC(CN)(n2cc(-c3ccnc(Nc4ccc(N5CCOCC5=O)cc4)n3)cn2)C1. The number of amides is 1. The van der Waals surface area contributed by atoms with Crippen molar-refractivity contribution in [2.45, 2.75) is 18.4 Å². The lowest BCUT2D eigenvalue weighted by Crippen LogP contribution is -2.51. The summed E-state index contributed by atoms with van der Waals surface area (Å²) in [6.07, 6.45) is 6.81. The number of nitriles is 1. The van der Waals surface area contributed by atoms with Crippen molar-refractivity contribution >= 4 is 23.2 Å². The molecule has 1 amide bonds. The van der Waals surface area contributed by atoms with Gasteiger partial charge in [-0.25, -0.2) is 9.97 Å². The van der Waals surface area contributed by atoms with Crippen LogP contribution in [0.4, 0.5) is 17.3 Å². The smallest absolute Gasteiger partial charge is 0.253 e. The summed E-state index contributed by atoms with van der Waals surface area (Å²) in [5.74, 6) is 0.445. The average molecular weight is 444 g/mol. The van der Waals surface area contributed by atoms with Crippen molar-refractivity contribution in [1.29, 1.82) is 5.26 Å². The first kappa shape index (κ1) is 21.1. The first-order valence-electron chi connectivity index (χ1n) is 10.8. The van der Waals surface area contributed by atoms with Crippen molar-refractivity contribution in [3.05, 3.63) is 48.9 Å². The maximum Gasteiger partial charge on any atom is 0.253 e. The van der Waals surface area contributed by atoms with E-state index in [2.05, 4.69) is 26.5 Å². The minimum absolute atomic E-state index is 0.0313. The van der Waals surface area contributed by atoms with Gasteiger partial charge in [-0.15, -0.1) is 0 Å². The molecule has 0 atom stereocenters. The molecular formula is C23H24N8O2. The van der Waals surface area contributed by atoms with Gasteiger partial charge in [0.2, 0.25) is 5.95 Å². The predicted octanol–water partition coefficient (Wildman–Crippen LogP) is 2.03. The van der Waals surface area contributed by atoms with E-state index in [1.54, 1.807) is 17.3 Å². The van der Waals surface area contributed by atoms with Crippen LogP contribution >= 0.6 is 0 Å². The Labute approximate surface area is 191 Å². The molecular weight excluding hydrogens is 420 g/mol. The number of benzene rings is 1. The summed E-state index contributed by atoms with van der Waals surface area (Å²) in [5, 5.41) is 16.8. The Bertz CT molecular complexity index is 1190. The standard InChI is InChI=1S/C23H24N8O2/c24-11-16-9-23(10-16,15-25)31-13-17(12-27-31)20-5-6-26-22(29-20)28-18-1-3-19(4-2-18)30-7-8-33-14-21(30)32/h1-6,12-13,16H,7-10,14-15,25H2,(H,26,28,29). The molecule has 1 saturated carbocycles. The van der Waals surface area contributed by atoms with Gasteiger partial charge in [0, 0.05) is 42.4 Å². The molecule has 3 N–H and O–H groups in total. The molecule has 168 valence electrons. The lowest BCUT2D eigenvalue weighted by Gasteiger charge is -2.44. The normalized spacial score (nSPS) is 22.5. The molecule has 5 rings (SSSR count). The molecule has 10 nitrogen and oxygen atoms in total. The van der Waals surface area contributed by atoms with Gasteiger partial charge in [0.1, 0.15) is 6.61 Å². The van der Waals surface area contributed by atoms with Gasteiger partial charge in [-0.1, -0.05) is 0 Å². The summed E-state index contributed by atoms with van der Waals surface area (Å²) in [6, 6.07) is 11.7. The summed E-state index contributed by atoms with van der Waals surface area (Å²) >= 11 is 0. The van der Waals surface area contributed by atoms with Crippen LogP contribution in [0.3, 0.4) is 0 Å². The molecule has 33 heavy (non-hydrogen) atoms. The summed E-state index contributed by atoms with van der Waals surface area (Å²) < 4.78 is 7.06. The molecule has 1 aromatic carbocycles. The highest BCUT2D eigenvalue weighted by Gasteiger charge is 2.45. The van der Waals surface area contributed by atoms with Gasteiger partial charge in [0.25, 0.3) is 5.91 Å². The van der Waals surface area contributed by atoms with E-state index in [0.717, 1.165) is 22.6 Å². The number of hydrogen-bond acceptors (Lipinski definition) is 8. The Morgan fingerprint density at radius 2 is 2.09 bits per heavy atom. The maximum absolute atomic E-state index is 12.0. The van der Waals surface area contributed by atoms with E-state index in [9.17, 15) is 4.79 Å². The number of nitrogens with two attached hydrogens (primary N) is 1. The molecule has 1 aliphatic carbocycles. The van der Waals surface area contributed by atoms with Crippen molar-refractivity contribution in [3.8, 4) is 17.3 Å². The number of aromatic nitrogens is 4. The number of nitrogens with one attached hydrogen (secondary N) is 1. The largest absolute Gasteiger partial charge is 0.370 e. The van der Waals surface area contributed by atoms with Gasteiger partial charge in [-0.05, 0) is 43.2 Å². The lowest BCUT2D eigenvalue weighted by atomic mass is 9.69. The van der Waals surface area contributed by atoms with Crippen LogP contribution in [-0.4, -0.2) is 52.0 Å². The molecule has 3 aromatic rings. The molecule has 0 unspecified atom stereocenters. The first-order valence-corrected chi connectivity index (χ1v) is 10.8. The van der Waals surface area contributed by atoms with Crippen LogP contribution in [0.25, 0.3) is 11.3 Å². The zero-order chi connectivity index (χ0) is 22.8. The van der Waals surface area contributed by atoms with Gasteiger partial charge in [0.15, 0.2) is 0 Å². The highest BCUT2D eigenvalue weighted by molar-refractivity contribution is 5.95. The zero-order valence-electron chi connectivity index (χ0n) is 18.0. The fourth-order valence-corrected chi connectivity index (χ4v) is 4.34. The predicted molar refractivity (Wildman–Crippen MR) is 122 cm³/mol. The highest BCUT2D eigenvalue weighted by atomic mass is 16.5. The second-order valence-electron chi connectivity index (χ2n) is 8.37. The molecule has 2 fully saturated rings. The van der Waals surface area contributed by atoms with Crippen molar-refractivity contribution in [3.63, 3.8) is 0 Å². The van der Waals surface area contributed by atoms with Gasteiger partial charge >= 0.3 is 0 Å². The summed E-state index contributed by atoms with van der Waals surface area (Å²) in [5.41, 5.74) is 8.95. The first-order chi connectivity index (χ1) is 16.1. The van der Waals surface area contributed by atoms with Gasteiger partial charge in [-0.2, -0.15) is 10.4 Å². The average Bonchev–Trinajstić information content (AvgIpc) is 3.31. The number of anilines is 3. The second-order valence-corrected chi connectivity index (χ2v) is 8.37. The van der Waals surface area contributed by atoms with Crippen LogP contribution in [-0.2, 0) is 15.1 Å². The lowest BCUT2D eigenvalue weighted by molar-refractivity contribution is -0.125. The van der Waals surface area contributed by atoms with E-state index in [4.69, 9.17) is 15.7 Å². The minimum atomic E-state index is -0.295. The van der Waals surface area contributed by atoms with Crippen LogP contribution < -0.4 is 16.0 Å². The molecule has 1 saturated heterocycles. The third-order valence-electron chi connectivity index (χ3n) is 6.26. The van der Waals surface area contributed by atoms with E-state index < -0.39 is 0 Å². The number of hydrogen-bond donors (Lipinski definition) is 2. The third-order valence-corrected chi connectivity index (χ3v) is 6.26. The van der Waals surface area contributed by atoms with Crippen LogP contribution in [0.1, 0.15) is 12.8 Å². The summed E-state index contributed by atoms with van der Waals surface area (Å²) in [7, 11) is 0. The van der Waals surface area contributed by atoms with E-state index in [-0.39, 0.29) is 24.0 Å². The van der Waals surface area contributed by atoms with Gasteiger partial charge in [0.05, 0.1) is 36.0 Å². The second kappa shape index (κ2) is 8.61. The number of ether oxygens (including phenoxy) is 1. The van der Waals surface area contributed by atoms with E-state index in [1.807, 2.05) is 41.2 Å². The van der Waals surface area contributed by atoms with Crippen LogP contribution in [0, 0.1) is 17.2 Å². The maximum atomic E-state index is 12.0. The number of carbonyl (C=O) groups is 1. The third kappa shape index (κ3) is 4.04. The molecule has 0 spiro atoms. The Hall–Kier alpha value is -3.81. The van der Waals surface area contributed by atoms with Crippen molar-refractivity contribution in [1.82, 2.24) is 19.7 Å². The van der Waals surface area contributed by atoms with Crippen LogP contribution in [0.15, 0.2) is 48.9 Å². The monoisotopic (exact) mass is 444 g/mol. The molecule has 10 heteroatoms. The van der Waals surface area contributed by atoms with Crippen molar-refractivity contribution in [2.75, 3.05) is 36.5 Å². The zero-order valence-corrected chi connectivity index (χ0v) is 18.0. The molecule has 0 radical (unpaired) electrons. The van der Waals surface area contributed by atoms with E-state index >= 15 is 0 Å². The Kier molecular flexibility index (Phi) is 5.50. The van der Waals surface area contributed by atoms with Crippen LogP contribution in [0.5, 0.6) is 0 Å². The molecule has 1 aliphatic heterocycles. The quantitative estimate of drug-likeness (QED) is 0.590. The van der Waals surface area contributed by atoms with Crippen LogP contribution in [0.2, 0.25) is 0 Å². The van der Waals surface area contributed by atoms with E-state index in [0.29, 0.717) is 38.5 Å². The fraction of sp³-hybridized carbons (Fsp3) is 0.348. The number of morpholine rings is 1. The summed E-state index contributed by atoms with van der Waals surface area (Å²) in [4.78, 5) is 22.7. The minimum Gasteiger partial charge on any atom is -0.370 e. The van der Waals surface area contributed by atoms with Gasteiger partial charge < -0.3 is 20.7 Å². The molecule has 2 aromatic heterocycles. The van der Waals surface area contributed by atoms with Crippen molar-refractivity contribution < 1.29 is 9.53 Å². The number of carbonyl (C=O) groups excluding carboxylic acids is 1. The summed E-state index contributed by atoms with van der Waals surface area (Å²) in [6.45, 7) is 1.64. The molecule has 0 bridgehead atoms. The topological polar surface area (TPSA) is 135 Å². The number of rotatable bonds is 6. The molecule has 3 heterocycles. The van der Waals surface area contributed by atoms with Gasteiger partial charge in [-0.3, -0.25) is 9.48 Å². The molecule has 2 aliphatic rings. The number of nitrogens with zero attached hydrogens (tertiary/aromatic N) is 6. The Morgan fingerprint density at radius 1 is 1.27 bits per heavy atom. The highest BCUT2D eigenvalue weighted by Crippen LogP contribution is 2.43.